The molecule has 0 unspecified atom stereocenters. The van der Waals surface area contributed by atoms with E-state index < -0.39 is 26.7 Å². The van der Waals surface area contributed by atoms with E-state index in [2.05, 4.69) is 15.0 Å². The Bertz CT molecular complexity index is 1330. The number of hydrogen-bond acceptors (Lipinski definition) is 5. The number of rotatable bonds is 5. The number of nitrogens with one attached hydrogen (secondary N) is 1. The Morgan fingerprint density at radius 1 is 1.11 bits per heavy atom. The summed E-state index contributed by atoms with van der Waals surface area (Å²) in [4.78, 5) is 24.7. The summed E-state index contributed by atoms with van der Waals surface area (Å²) in [5.74, 6) is 0.721. The molecule has 196 valence electrons. The molecule has 1 aliphatic carbocycles. The molecule has 1 saturated carbocycles. The lowest BCUT2D eigenvalue weighted by molar-refractivity contribution is 0.0239. The van der Waals surface area contributed by atoms with Crippen molar-refractivity contribution in [3.8, 4) is 0 Å². The maximum atomic E-state index is 13.1. The van der Waals surface area contributed by atoms with Crippen LogP contribution in [0.25, 0.3) is 11.2 Å². The van der Waals surface area contributed by atoms with Crippen LogP contribution in [0.15, 0.2) is 35.4 Å². The third-order valence-electron chi connectivity index (χ3n) is 7.18. The second-order valence-electron chi connectivity index (χ2n) is 9.53. The molecule has 1 aliphatic heterocycles. The van der Waals surface area contributed by atoms with Crippen LogP contribution in [0.5, 0.6) is 0 Å². The molecule has 0 radical (unpaired) electrons. The number of imidazole rings is 1. The summed E-state index contributed by atoms with van der Waals surface area (Å²) in [6, 6.07) is 3.02. The minimum Gasteiger partial charge on any atom is -0.398 e. The molecule has 0 bridgehead atoms. The Labute approximate surface area is 203 Å². The third kappa shape index (κ3) is 4.61. The van der Waals surface area contributed by atoms with Crippen molar-refractivity contribution in [3.63, 3.8) is 0 Å². The number of carbonyl (C=O) groups is 1. The third-order valence-corrected chi connectivity index (χ3v) is 8.32. The van der Waals surface area contributed by atoms with Crippen LogP contribution in [0.4, 0.5) is 25.1 Å². The number of methoxy groups -OCH3 is 1. The Morgan fingerprint density at radius 3 is 2.42 bits per heavy atom. The zero-order valence-corrected chi connectivity index (χ0v) is 20.2. The van der Waals surface area contributed by atoms with Crippen molar-refractivity contribution >= 4 is 33.0 Å². The summed E-state index contributed by atoms with van der Waals surface area (Å²) in [7, 11) is -8.18. The van der Waals surface area contributed by atoms with E-state index in [9.17, 15) is 24.2 Å². The molecule has 3 N–H and O–H groups in total. The number of piperidine rings is 1. The van der Waals surface area contributed by atoms with Crippen molar-refractivity contribution in [2.45, 2.75) is 48.5 Å². The number of halogens is 5. The Balaban J connectivity index is 1.29. The van der Waals surface area contributed by atoms with Gasteiger partial charge in [-0.05, 0) is 61.4 Å². The predicted molar refractivity (Wildman–Crippen MR) is 127 cm³/mol. The zero-order chi connectivity index (χ0) is 25.9. The van der Waals surface area contributed by atoms with Crippen molar-refractivity contribution in [3.05, 3.63) is 47.4 Å². The van der Waals surface area contributed by atoms with Crippen LogP contribution in [0.3, 0.4) is 0 Å². The summed E-state index contributed by atoms with van der Waals surface area (Å²) in [5, 5.41) is 0. The molecule has 0 atom stereocenters. The molecule has 1 aromatic carbocycles. The lowest BCUT2D eigenvalue weighted by Crippen LogP contribution is -2.38. The number of nitrogen functional groups attached to an aromatic ring is 1. The van der Waals surface area contributed by atoms with Crippen molar-refractivity contribution in [1.29, 1.82) is 0 Å². The van der Waals surface area contributed by atoms with Crippen LogP contribution < -0.4 is 5.73 Å². The topological polar surface area (TPSA) is 97.1 Å². The minimum absolute atomic E-state index is 0.119. The average molecular weight is 532 g/mol. The number of anilines is 1. The van der Waals surface area contributed by atoms with E-state index in [0.717, 1.165) is 35.8 Å². The maximum Gasteiger partial charge on any atom is 0.310 e. The van der Waals surface area contributed by atoms with Crippen molar-refractivity contribution in [1.82, 2.24) is 19.9 Å². The molecule has 3 heterocycles. The molecule has 0 spiro atoms. The lowest BCUT2D eigenvalue weighted by atomic mass is 9.82. The zero-order valence-electron chi connectivity index (χ0n) is 19.4. The Hall–Kier alpha value is -2.93. The smallest absolute Gasteiger partial charge is 0.310 e. The van der Waals surface area contributed by atoms with Crippen LogP contribution >= 0.6 is 10.2 Å². The van der Waals surface area contributed by atoms with E-state index in [0.29, 0.717) is 37.5 Å². The highest BCUT2D eigenvalue weighted by Crippen LogP contribution is 3.02. The second kappa shape index (κ2) is 7.78. The SMILES string of the molecule is COC1CC(c2nc3nccc(C4CCN(C(=O)c5ccc(S(F)(F)(F)(F)F)cc5N)CC4)c3[nH]2)C1. The summed E-state index contributed by atoms with van der Waals surface area (Å²) in [6.45, 7) is 0.685. The van der Waals surface area contributed by atoms with Crippen LogP contribution in [0.1, 0.15) is 59.3 Å². The van der Waals surface area contributed by atoms with Gasteiger partial charge in [0.05, 0.1) is 17.2 Å². The second-order valence-corrected chi connectivity index (χ2v) is 11.9. The number of nitrogens with zero attached hydrogens (tertiary/aromatic N) is 3. The number of aromatic amines is 1. The molecular weight excluding hydrogens is 505 g/mol. The fraction of sp³-hybridized carbons (Fsp3) is 0.435. The molecule has 2 aromatic heterocycles. The van der Waals surface area contributed by atoms with Gasteiger partial charge in [-0.2, -0.15) is 0 Å². The number of likely N-dealkylation sites (tertiary alicyclic amines) is 1. The summed E-state index contributed by atoms with van der Waals surface area (Å²) < 4.78 is 70.7. The number of ether oxygens (including phenoxy) is 1. The van der Waals surface area contributed by atoms with Gasteiger partial charge in [0.25, 0.3) is 5.91 Å². The number of fused-ring (bicyclic) bond motifs is 1. The van der Waals surface area contributed by atoms with E-state index in [-0.39, 0.29) is 29.7 Å². The van der Waals surface area contributed by atoms with E-state index in [1.807, 2.05) is 6.07 Å². The number of carbonyl (C=O) groups excluding carboxylic acids is 1. The Kier molecular flexibility index (Phi) is 5.35. The molecule has 7 nitrogen and oxygen atoms in total. The van der Waals surface area contributed by atoms with Gasteiger partial charge in [0.1, 0.15) is 10.7 Å². The van der Waals surface area contributed by atoms with Crippen LogP contribution in [0, 0.1) is 0 Å². The number of H-pyrrole nitrogens is 1. The first-order valence-corrected chi connectivity index (χ1v) is 13.5. The number of pyridine rings is 1. The molecule has 13 heteroatoms. The summed E-state index contributed by atoms with van der Waals surface area (Å²) in [6.07, 6.45) is 4.97. The summed E-state index contributed by atoms with van der Waals surface area (Å²) in [5.41, 5.74) is 7.30. The van der Waals surface area contributed by atoms with E-state index >= 15 is 0 Å². The van der Waals surface area contributed by atoms with Gasteiger partial charge in [0.15, 0.2) is 5.65 Å². The average Bonchev–Trinajstić information content (AvgIpc) is 3.20. The van der Waals surface area contributed by atoms with Gasteiger partial charge in [-0.3, -0.25) is 4.79 Å². The van der Waals surface area contributed by atoms with Gasteiger partial charge < -0.3 is 20.4 Å². The number of benzene rings is 1. The highest BCUT2D eigenvalue weighted by atomic mass is 32.5. The maximum absolute atomic E-state index is 13.1. The quantitative estimate of drug-likeness (QED) is 0.306. The van der Waals surface area contributed by atoms with Gasteiger partial charge in [-0.15, -0.1) is 0 Å². The van der Waals surface area contributed by atoms with Crippen molar-refractivity contribution < 1.29 is 29.0 Å². The molecule has 2 aliphatic rings. The molecular formula is C23H26F5N5O2S. The number of aromatic nitrogens is 3. The first-order valence-electron chi connectivity index (χ1n) is 11.5. The van der Waals surface area contributed by atoms with Crippen LogP contribution in [-0.2, 0) is 4.74 Å². The minimum atomic E-state index is -9.88. The Morgan fingerprint density at radius 2 is 1.81 bits per heavy atom. The van der Waals surface area contributed by atoms with Gasteiger partial charge in [0.2, 0.25) is 0 Å². The fourth-order valence-electron chi connectivity index (χ4n) is 5.00. The highest BCUT2D eigenvalue weighted by Gasteiger charge is 2.65. The van der Waals surface area contributed by atoms with Gasteiger partial charge in [-0.1, -0.05) is 19.4 Å². The first-order chi connectivity index (χ1) is 16.7. The normalized spacial score (nSPS) is 23.2. The molecule has 1 saturated heterocycles. The van der Waals surface area contributed by atoms with Gasteiger partial charge >= 0.3 is 10.2 Å². The first kappa shape index (κ1) is 24.8. The predicted octanol–water partition coefficient (Wildman–Crippen LogP) is 6.11. The standard InChI is InChI=1S/C23H26F5N5O2S/c1-35-15-10-14(11-15)21-31-20-17(4-7-30-22(20)32-21)13-5-8-33(9-6-13)23(34)18-3-2-16(12-19(18)29)36(24,25,26,27)28/h2-4,7,12-15H,5-6,8-11,29H2,1H3,(H,30,31,32). The molecule has 2 fully saturated rings. The molecule has 3 aromatic rings. The number of hydrogen-bond donors (Lipinski definition) is 2. The molecule has 1 amide bonds. The summed E-state index contributed by atoms with van der Waals surface area (Å²) >= 11 is 0. The van der Waals surface area contributed by atoms with Crippen LogP contribution in [-0.4, -0.2) is 52.1 Å². The monoisotopic (exact) mass is 531 g/mol. The van der Waals surface area contributed by atoms with Crippen molar-refractivity contribution in [2.75, 3.05) is 25.9 Å². The molecule has 36 heavy (non-hydrogen) atoms. The number of nitrogens with two attached hydrogens (primary N) is 1. The van der Waals surface area contributed by atoms with Crippen LogP contribution in [0.2, 0.25) is 0 Å². The van der Waals surface area contributed by atoms with Crippen molar-refractivity contribution in [2.24, 2.45) is 0 Å². The van der Waals surface area contributed by atoms with E-state index in [1.54, 1.807) is 13.3 Å². The largest absolute Gasteiger partial charge is 0.398 e. The fourth-order valence-corrected chi connectivity index (χ4v) is 5.68. The number of amides is 1. The van der Waals surface area contributed by atoms with Gasteiger partial charge in [0, 0.05) is 38.0 Å². The lowest BCUT2D eigenvalue weighted by Gasteiger charge is -2.40. The van der Waals surface area contributed by atoms with E-state index in [4.69, 9.17) is 10.5 Å². The molecule has 5 rings (SSSR count). The van der Waals surface area contributed by atoms with E-state index in [1.165, 1.54) is 4.90 Å². The highest BCUT2D eigenvalue weighted by molar-refractivity contribution is 8.45. The van der Waals surface area contributed by atoms with Gasteiger partial charge in [-0.25, -0.2) is 9.97 Å².